The molecule has 0 unspecified atom stereocenters. The number of anilines is 1. The number of amides is 1. The van der Waals surface area contributed by atoms with Crippen LogP contribution in [-0.4, -0.2) is 28.0 Å². The second-order valence-electron chi connectivity index (χ2n) is 6.83. The summed E-state index contributed by atoms with van der Waals surface area (Å²) < 4.78 is 37.2. The maximum Gasteiger partial charge on any atom is 0.225 e. The highest BCUT2D eigenvalue weighted by Crippen LogP contribution is 2.46. The van der Waals surface area contributed by atoms with Crippen LogP contribution in [0, 0.1) is 0 Å². The number of nitrogens with one attached hydrogen (secondary N) is 1. The van der Waals surface area contributed by atoms with Gasteiger partial charge in [0.05, 0.1) is 24.3 Å². The van der Waals surface area contributed by atoms with Crippen LogP contribution in [0.4, 0.5) is 5.69 Å². The zero-order valence-electron chi connectivity index (χ0n) is 16.5. The number of ether oxygens (including phenoxy) is 2. The van der Waals surface area contributed by atoms with Crippen LogP contribution in [0.25, 0.3) is 0 Å². The topological polar surface area (TPSA) is 81.7 Å². The molecule has 1 atom stereocenters. The van der Waals surface area contributed by atoms with Gasteiger partial charge in [-0.1, -0.05) is 12.1 Å². The third-order valence-corrected chi connectivity index (χ3v) is 8.03. The van der Waals surface area contributed by atoms with Gasteiger partial charge in [0, 0.05) is 22.6 Å². The first-order valence-corrected chi connectivity index (χ1v) is 11.8. The summed E-state index contributed by atoms with van der Waals surface area (Å²) in [4.78, 5) is 13.6. The molecule has 30 heavy (non-hydrogen) atoms. The predicted molar refractivity (Wildman–Crippen MR) is 115 cm³/mol. The van der Waals surface area contributed by atoms with E-state index < -0.39 is 9.84 Å². The molecule has 0 saturated carbocycles. The first kappa shape index (κ1) is 20.4. The van der Waals surface area contributed by atoms with Crippen molar-refractivity contribution in [2.75, 3.05) is 19.0 Å². The van der Waals surface area contributed by atoms with Gasteiger partial charge < -0.3 is 14.8 Å². The molecule has 0 radical (unpaired) electrons. The van der Waals surface area contributed by atoms with E-state index in [0.29, 0.717) is 18.0 Å². The van der Waals surface area contributed by atoms with E-state index in [1.165, 1.54) is 30.6 Å². The lowest BCUT2D eigenvalue weighted by Crippen LogP contribution is -2.23. The predicted octanol–water partition coefficient (Wildman–Crippen LogP) is 4.46. The van der Waals surface area contributed by atoms with E-state index in [0.717, 1.165) is 16.2 Å². The summed E-state index contributed by atoms with van der Waals surface area (Å²) >= 11 is 1.35. The van der Waals surface area contributed by atoms with Gasteiger partial charge in [-0.05, 0) is 48.9 Å². The Morgan fingerprint density at radius 2 is 1.90 bits per heavy atom. The van der Waals surface area contributed by atoms with Crippen molar-refractivity contribution in [3.8, 4) is 11.5 Å². The molecule has 1 aliphatic rings. The number of fused-ring (bicyclic) bond motifs is 1. The smallest absolute Gasteiger partial charge is 0.225 e. The molecule has 0 spiro atoms. The molecule has 4 rings (SSSR count). The molecule has 2 heterocycles. The van der Waals surface area contributed by atoms with Crippen molar-refractivity contribution < 1.29 is 22.7 Å². The molecule has 1 amide bonds. The van der Waals surface area contributed by atoms with Crippen molar-refractivity contribution in [3.63, 3.8) is 0 Å². The molecule has 1 aliphatic heterocycles. The molecular formula is C22H21NO5S2. The van der Waals surface area contributed by atoms with E-state index in [2.05, 4.69) is 5.32 Å². The van der Waals surface area contributed by atoms with E-state index in [1.807, 2.05) is 31.2 Å². The van der Waals surface area contributed by atoms with Crippen LogP contribution >= 0.6 is 11.3 Å². The first-order chi connectivity index (χ1) is 14.4. The first-order valence-electron chi connectivity index (χ1n) is 9.47. The zero-order valence-corrected chi connectivity index (χ0v) is 18.2. The van der Waals surface area contributed by atoms with E-state index >= 15 is 0 Å². The molecule has 0 bridgehead atoms. The van der Waals surface area contributed by atoms with Crippen molar-refractivity contribution >= 4 is 32.8 Å². The third kappa shape index (κ3) is 3.68. The zero-order chi connectivity index (χ0) is 21.3. The molecule has 1 aromatic heterocycles. The summed E-state index contributed by atoms with van der Waals surface area (Å²) in [5.41, 5.74) is 1.30. The maximum absolute atomic E-state index is 13.3. The lowest BCUT2D eigenvalue weighted by molar-refractivity contribution is -0.116. The number of rotatable bonds is 6. The summed E-state index contributed by atoms with van der Waals surface area (Å²) in [5.74, 6) is 0.867. The highest BCUT2D eigenvalue weighted by atomic mass is 32.2. The Balaban J connectivity index is 1.76. The van der Waals surface area contributed by atoms with Crippen molar-refractivity contribution in [3.05, 3.63) is 64.4 Å². The Labute approximate surface area is 179 Å². The fourth-order valence-electron chi connectivity index (χ4n) is 3.54. The van der Waals surface area contributed by atoms with Crippen LogP contribution in [0.2, 0.25) is 0 Å². The van der Waals surface area contributed by atoms with Gasteiger partial charge >= 0.3 is 0 Å². The molecule has 156 valence electrons. The number of methoxy groups -OCH3 is 1. The van der Waals surface area contributed by atoms with Gasteiger partial charge in [0.15, 0.2) is 0 Å². The normalized spacial score (nSPS) is 15.9. The van der Waals surface area contributed by atoms with Crippen molar-refractivity contribution in [1.82, 2.24) is 0 Å². The largest absolute Gasteiger partial charge is 0.497 e. The Hall–Kier alpha value is -2.84. The molecule has 3 aromatic rings. The van der Waals surface area contributed by atoms with Gasteiger partial charge in [0.25, 0.3) is 0 Å². The third-order valence-electron chi connectivity index (χ3n) is 4.99. The number of carbonyl (C=O) groups excluding carboxylic acids is 1. The van der Waals surface area contributed by atoms with Crippen LogP contribution in [0.3, 0.4) is 0 Å². The number of thiophene rings is 1. The van der Waals surface area contributed by atoms with E-state index in [1.54, 1.807) is 17.5 Å². The molecule has 0 saturated heterocycles. The highest BCUT2D eigenvalue weighted by molar-refractivity contribution is 7.91. The van der Waals surface area contributed by atoms with Crippen LogP contribution in [-0.2, 0) is 14.6 Å². The Morgan fingerprint density at radius 3 is 2.60 bits per heavy atom. The average molecular weight is 444 g/mol. The lowest BCUT2D eigenvalue weighted by Gasteiger charge is -2.24. The van der Waals surface area contributed by atoms with Gasteiger partial charge in [0.2, 0.25) is 15.7 Å². The SMILES string of the molecule is CCOc1cccc([C@@H]2CC(=O)Nc3c(S(=O)(=O)c4ccc(OC)cc4)csc32)c1. The second-order valence-corrected chi connectivity index (χ2v) is 9.66. The molecule has 8 heteroatoms. The van der Waals surface area contributed by atoms with Crippen molar-refractivity contribution in [2.45, 2.75) is 29.1 Å². The molecule has 1 N–H and O–H groups in total. The average Bonchev–Trinajstić information content (AvgIpc) is 3.18. The van der Waals surface area contributed by atoms with Crippen molar-refractivity contribution in [1.29, 1.82) is 0 Å². The van der Waals surface area contributed by atoms with Gasteiger partial charge in [-0.25, -0.2) is 8.42 Å². The monoisotopic (exact) mass is 443 g/mol. The quantitative estimate of drug-likeness (QED) is 0.608. The fourth-order valence-corrected chi connectivity index (χ4v) is 6.45. The second kappa shape index (κ2) is 8.12. The van der Waals surface area contributed by atoms with Gasteiger partial charge in [-0.3, -0.25) is 4.79 Å². The highest BCUT2D eigenvalue weighted by Gasteiger charge is 2.34. The summed E-state index contributed by atoms with van der Waals surface area (Å²) in [6, 6.07) is 13.8. The Kier molecular flexibility index (Phi) is 5.53. The maximum atomic E-state index is 13.3. The summed E-state index contributed by atoms with van der Waals surface area (Å²) in [6.07, 6.45) is 0.255. The van der Waals surface area contributed by atoms with Crippen molar-refractivity contribution in [2.24, 2.45) is 0 Å². The Morgan fingerprint density at radius 1 is 1.13 bits per heavy atom. The minimum atomic E-state index is -3.79. The molecule has 6 nitrogen and oxygen atoms in total. The fraction of sp³-hybridized carbons (Fsp3) is 0.227. The van der Waals surface area contributed by atoms with Gasteiger partial charge in [-0.15, -0.1) is 11.3 Å². The van der Waals surface area contributed by atoms with E-state index in [9.17, 15) is 13.2 Å². The number of hydrogen-bond acceptors (Lipinski definition) is 6. The Bertz CT molecular complexity index is 1180. The summed E-state index contributed by atoms with van der Waals surface area (Å²) in [6.45, 7) is 2.46. The number of hydrogen-bond donors (Lipinski definition) is 1. The lowest BCUT2D eigenvalue weighted by atomic mass is 9.90. The number of benzene rings is 2. The molecular weight excluding hydrogens is 422 g/mol. The van der Waals surface area contributed by atoms with Gasteiger partial charge in [-0.2, -0.15) is 0 Å². The van der Waals surface area contributed by atoms with E-state index in [-0.39, 0.29) is 28.0 Å². The summed E-state index contributed by atoms with van der Waals surface area (Å²) in [7, 11) is -2.27. The number of sulfone groups is 1. The van der Waals surface area contributed by atoms with Crippen LogP contribution in [0.5, 0.6) is 11.5 Å². The molecule has 0 aliphatic carbocycles. The van der Waals surface area contributed by atoms with Crippen LogP contribution < -0.4 is 14.8 Å². The van der Waals surface area contributed by atoms with Crippen LogP contribution in [0.1, 0.15) is 29.7 Å². The number of carbonyl (C=O) groups is 1. The standard InChI is InChI=1S/C22H21NO5S2/c1-3-28-16-6-4-5-14(11-16)18-12-20(24)23-21-19(13-29-22(18)21)30(25,26)17-9-7-15(27-2)8-10-17/h4-11,13,18H,3,12H2,1-2H3,(H,23,24)/t18-/m0/s1. The molecule has 2 aromatic carbocycles. The summed E-state index contributed by atoms with van der Waals surface area (Å²) in [5, 5.41) is 4.39. The van der Waals surface area contributed by atoms with Crippen LogP contribution in [0.15, 0.2) is 63.7 Å². The molecule has 0 fully saturated rings. The minimum absolute atomic E-state index is 0.117. The van der Waals surface area contributed by atoms with Gasteiger partial charge in [0.1, 0.15) is 16.4 Å². The minimum Gasteiger partial charge on any atom is -0.497 e. The van der Waals surface area contributed by atoms with E-state index in [4.69, 9.17) is 9.47 Å².